The molecule has 0 aliphatic carbocycles. The molecule has 0 saturated heterocycles. The summed E-state index contributed by atoms with van der Waals surface area (Å²) in [5.41, 5.74) is 2.43. The second-order valence-electron chi connectivity index (χ2n) is 6.23. The zero-order valence-electron chi connectivity index (χ0n) is 15.3. The van der Waals surface area contributed by atoms with Crippen LogP contribution in [0.15, 0.2) is 36.4 Å². The van der Waals surface area contributed by atoms with Crippen LogP contribution >= 0.6 is 0 Å². The quantitative estimate of drug-likeness (QED) is 0.760. The molecule has 0 atom stereocenters. The van der Waals surface area contributed by atoms with Gasteiger partial charge in [0, 0.05) is 17.7 Å². The molecule has 0 fully saturated rings. The van der Waals surface area contributed by atoms with Gasteiger partial charge in [-0.2, -0.15) is 0 Å². The van der Waals surface area contributed by atoms with Crippen molar-refractivity contribution < 1.29 is 19.0 Å². The predicted octanol–water partition coefficient (Wildman–Crippen LogP) is 4.45. The van der Waals surface area contributed by atoms with Gasteiger partial charge in [-0.1, -0.05) is 13.8 Å². The summed E-state index contributed by atoms with van der Waals surface area (Å²) in [4.78, 5) is 12.6. The third kappa shape index (κ3) is 4.28. The van der Waals surface area contributed by atoms with Crippen LogP contribution < -0.4 is 19.5 Å². The molecular weight excluding hydrogens is 330 g/mol. The number of fused-ring (bicyclic) bond motifs is 1. The smallest absolute Gasteiger partial charge is 0.255 e. The van der Waals surface area contributed by atoms with Crippen LogP contribution in [-0.4, -0.2) is 25.7 Å². The molecule has 0 saturated carbocycles. The molecule has 0 unspecified atom stereocenters. The van der Waals surface area contributed by atoms with Crippen molar-refractivity contribution in [3.8, 4) is 17.2 Å². The van der Waals surface area contributed by atoms with E-state index in [1.807, 2.05) is 25.1 Å². The molecule has 0 spiro atoms. The Hall–Kier alpha value is -2.69. The molecule has 1 aliphatic rings. The Morgan fingerprint density at radius 2 is 1.81 bits per heavy atom. The Balaban J connectivity index is 1.75. The van der Waals surface area contributed by atoms with E-state index < -0.39 is 0 Å². The van der Waals surface area contributed by atoms with Gasteiger partial charge in [0.05, 0.1) is 19.8 Å². The van der Waals surface area contributed by atoms with Gasteiger partial charge in [-0.25, -0.2) is 0 Å². The summed E-state index contributed by atoms with van der Waals surface area (Å²) in [7, 11) is 0. The van der Waals surface area contributed by atoms with Gasteiger partial charge in [-0.3, -0.25) is 4.79 Å². The van der Waals surface area contributed by atoms with Crippen LogP contribution in [0.25, 0.3) is 0 Å². The number of hydrogen-bond acceptors (Lipinski definition) is 4. The average molecular weight is 355 g/mol. The number of hydrogen-bond donors (Lipinski definition) is 1. The molecule has 5 nitrogen and oxygen atoms in total. The van der Waals surface area contributed by atoms with Gasteiger partial charge in [0.1, 0.15) is 5.75 Å². The lowest BCUT2D eigenvalue weighted by Gasteiger charge is -2.14. The maximum Gasteiger partial charge on any atom is 0.255 e. The summed E-state index contributed by atoms with van der Waals surface area (Å²) >= 11 is 0. The molecule has 138 valence electrons. The van der Waals surface area contributed by atoms with E-state index in [1.54, 1.807) is 18.2 Å². The first-order valence-corrected chi connectivity index (χ1v) is 9.18. The molecule has 26 heavy (non-hydrogen) atoms. The normalized spacial score (nSPS) is 12.2. The van der Waals surface area contributed by atoms with Gasteiger partial charge in [-0.15, -0.1) is 0 Å². The molecule has 1 amide bonds. The fourth-order valence-corrected chi connectivity index (χ4v) is 2.77. The van der Waals surface area contributed by atoms with Crippen LogP contribution in [0.5, 0.6) is 17.2 Å². The van der Waals surface area contributed by atoms with Crippen LogP contribution in [0.2, 0.25) is 0 Å². The topological polar surface area (TPSA) is 56.8 Å². The van der Waals surface area contributed by atoms with E-state index in [2.05, 4.69) is 12.2 Å². The molecule has 2 aromatic rings. The van der Waals surface area contributed by atoms with Gasteiger partial charge < -0.3 is 19.5 Å². The van der Waals surface area contributed by atoms with E-state index in [0.717, 1.165) is 36.3 Å². The molecule has 0 bridgehead atoms. The molecule has 5 heteroatoms. The monoisotopic (exact) mass is 355 g/mol. The van der Waals surface area contributed by atoms with Gasteiger partial charge in [0.2, 0.25) is 0 Å². The van der Waals surface area contributed by atoms with Gasteiger partial charge in [0.15, 0.2) is 11.5 Å². The Morgan fingerprint density at radius 1 is 1.04 bits per heavy atom. The summed E-state index contributed by atoms with van der Waals surface area (Å²) in [5, 5.41) is 2.94. The summed E-state index contributed by atoms with van der Waals surface area (Å²) in [5.74, 6) is 2.00. The zero-order valence-corrected chi connectivity index (χ0v) is 15.3. The molecule has 1 heterocycles. The average Bonchev–Trinajstić information content (AvgIpc) is 3.12. The van der Waals surface area contributed by atoms with E-state index in [-0.39, 0.29) is 5.91 Å². The summed E-state index contributed by atoms with van der Waals surface area (Å²) < 4.78 is 17.0. The minimum Gasteiger partial charge on any atom is -0.493 e. The highest BCUT2D eigenvalue weighted by molar-refractivity contribution is 6.04. The third-order valence-corrected chi connectivity index (χ3v) is 4.08. The van der Waals surface area contributed by atoms with Crippen molar-refractivity contribution in [1.29, 1.82) is 0 Å². The second-order valence-corrected chi connectivity index (χ2v) is 6.23. The minimum absolute atomic E-state index is 0.174. The van der Waals surface area contributed by atoms with Crippen molar-refractivity contribution in [2.24, 2.45) is 0 Å². The lowest BCUT2D eigenvalue weighted by Crippen LogP contribution is -2.12. The Labute approximate surface area is 154 Å². The standard InChI is InChI=1S/C21H25NO4/c1-3-10-24-19-7-5-16(14-20(19)25-11-4-2)21(23)22-17-6-8-18-15(13-17)9-12-26-18/h5-8,13-14H,3-4,9-12H2,1-2H3,(H,22,23). The highest BCUT2D eigenvalue weighted by Crippen LogP contribution is 2.30. The molecule has 1 aliphatic heterocycles. The fourth-order valence-electron chi connectivity index (χ4n) is 2.77. The van der Waals surface area contributed by atoms with Gasteiger partial charge >= 0.3 is 0 Å². The SMILES string of the molecule is CCCOc1ccc(C(=O)Nc2ccc3c(c2)CCO3)cc1OCCC. The highest BCUT2D eigenvalue weighted by Gasteiger charge is 2.15. The second kappa shape index (κ2) is 8.61. The molecule has 0 aromatic heterocycles. The largest absolute Gasteiger partial charge is 0.493 e. The maximum atomic E-state index is 12.6. The number of ether oxygens (including phenoxy) is 3. The molecule has 0 radical (unpaired) electrons. The first kappa shape index (κ1) is 18.1. The van der Waals surface area contributed by atoms with Crippen molar-refractivity contribution in [3.05, 3.63) is 47.5 Å². The molecular formula is C21H25NO4. The van der Waals surface area contributed by atoms with Crippen LogP contribution in [-0.2, 0) is 6.42 Å². The van der Waals surface area contributed by atoms with Gasteiger partial charge in [-0.05, 0) is 54.8 Å². The number of amides is 1. The Bertz CT molecular complexity index is 773. The van der Waals surface area contributed by atoms with Crippen molar-refractivity contribution in [3.63, 3.8) is 0 Å². The molecule has 3 rings (SSSR count). The maximum absolute atomic E-state index is 12.6. The van der Waals surface area contributed by atoms with Crippen molar-refractivity contribution in [2.75, 3.05) is 25.1 Å². The van der Waals surface area contributed by atoms with E-state index in [9.17, 15) is 4.79 Å². The number of nitrogens with one attached hydrogen (secondary N) is 1. The molecule has 2 aromatic carbocycles. The minimum atomic E-state index is -0.174. The Morgan fingerprint density at radius 3 is 2.58 bits per heavy atom. The van der Waals surface area contributed by atoms with Crippen LogP contribution in [0, 0.1) is 0 Å². The lowest BCUT2D eigenvalue weighted by atomic mass is 10.1. The van der Waals surface area contributed by atoms with Crippen molar-refractivity contribution >= 4 is 11.6 Å². The van der Waals surface area contributed by atoms with Gasteiger partial charge in [0.25, 0.3) is 5.91 Å². The van der Waals surface area contributed by atoms with Crippen molar-refractivity contribution in [1.82, 2.24) is 0 Å². The van der Waals surface area contributed by atoms with Crippen molar-refractivity contribution in [2.45, 2.75) is 33.1 Å². The number of carbonyl (C=O) groups excluding carboxylic acids is 1. The van der Waals surface area contributed by atoms with Crippen LogP contribution in [0.4, 0.5) is 5.69 Å². The Kier molecular flexibility index (Phi) is 6.00. The molecule has 1 N–H and O–H groups in total. The van der Waals surface area contributed by atoms with E-state index >= 15 is 0 Å². The fraction of sp³-hybridized carbons (Fsp3) is 0.381. The zero-order chi connectivity index (χ0) is 18.4. The first-order valence-electron chi connectivity index (χ1n) is 9.18. The lowest BCUT2D eigenvalue weighted by molar-refractivity contribution is 0.102. The predicted molar refractivity (Wildman–Crippen MR) is 102 cm³/mol. The van der Waals surface area contributed by atoms with E-state index in [4.69, 9.17) is 14.2 Å². The number of benzene rings is 2. The summed E-state index contributed by atoms with van der Waals surface area (Å²) in [6.07, 6.45) is 2.68. The van der Waals surface area contributed by atoms with E-state index in [0.29, 0.717) is 36.9 Å². The number of rotatable bonds is 8. The summed E-state index contributed by atoms with van der Waals surface area (Å²) in [6.45, 7) is 5.99. The van der Waals surface area contributed by atoms with Crippen LogP contribution in [0.1, 0.15) is 42.6 Å². The number of anilines is 1. The van der Waals surface area contributed by atoms with Crippen LogP contribution in [0.3, 0.4) is 0 Å². The summed E-state index contributed by atoms with van der Waals surface area (Å²) in [6, 6.07) is 11.0. The first-order chi connectivity index (χ1) is 12.7. The van der Waals surface area contributed by atoms with E-state index in [1.165, 1.54) is 0 Å². The number of carbonyl (C=O) groups is 1. The third-order valence-electron chi connectivity index (χ3n) is 4.08. The highest BCUT2D eigenvalue weighted by atomic mass is 16.5.